The Kier molecular flexibility index (Phi) is 5.59. The van der Waals surface area contributed by atoms with E-state index in [1.54, 1.807) is 0 Å². The molecule has 1 heterocycles. The SMILES string of the molecule is CC(=O)O.CCn1cc[n+](CC)c1. The first-order valence-corrected chi connectivity index (χ1v) is 4.34. The molecular formula is C9H17N2O2+. The molecule has 0 saturated heterocycles. The molecule has 0 amide bonds. The smallest absolute Gasteiger partial charge is 0.300 e. The van der Waals surface area contributed by atoms with Crippen LogP contribution < -0.4 is 4.57 Å². The topological polar surface area (TPSA) is 46.1 Å². The lowest BCUT2D eigenvalue weighted by Gasteiger charge is -1.84. The fourth-order valence-corrected chi connectivity index (χ4v) is 0.813. The molecule has 4 nitrogen and oxygen atoms in total. The van der Waals surface area contributed by atoms with Crippen molar-refractivity contribution < 1.29 is 14.5 Å². The Labute approximate surface area is 78.4 Å². The normalized spacial score (nSPS) is 8.85. The Hall–Kier alpha value is -1.32. The molecule has 1 aromatic rings. The Balaban J connectivity index is 0.000000310. The number of imidazole rings is 1. The number of nitrogens with zero attached hydrogens (tertiary/aromatic N) is 2. The van der Waals surface area contributed by atoms with Gasteiger partial charge in [-0.05, 0) is 13.8 Å². The molecule has 0 aliphatic carbocycles. The second-order valence-electron chi connectivity index (χ2n) is 2.59. The average molecular weight is 185 g/mol. The fraction of sp³-hybridized carbons (Fsp3) is 0.556. The minimum atomic E-state index is -0.833. The summed E-state index contributed by atoms with van der Waals surface area (Å²) >= 11 is 0. The maximum absolute atomic E-state index is 9.00. The quantitative estimate of drug-likeness (QED) is 0.696. The monoisotopic (exact) mass is 185 g/mol. The number of carboxylic acid groups (broad SMARTS) is 1. The van der Waals surface area contributed by atoms with E-state index in [-0.39, 0.29) is 0 Å². The second kappa shape index (κ2) is 6.22. The molecule has 0 aliphatic heterocycles. The highest BCUT2D eigenvalue weighted by molar-refractivity contribution is 5.62. The van der Waals surface area contributed by atoms with Crippen molar-refractivity contribution >= 4 is 5.97 Å². The van der Waals surface area contributed by atoms with E-state index in [9.17, 15) is 0 Å². The zero-order valence-electron chi connectivity index (χ0n) is 8.40. The first-order valence-electron chi connectivity index (χ1n) is 4.34. The lowest BCUT2D eigenvalue weighted by Crippen LogP contribution is -2.28. The molecule has 0 fully saturated rings. The van der Waals surface area contributed by atoms with Crippen LogP contribution in [0.5, 0.6) is 0 Å². The summed E-state index contributed by atoms with van der Waals surface area (Å²) in [5.41, 5.74) is 0. The Morgan fingerprint density at radius 3 is 2.31 bits per heavy atom. The van der Waals surface area contributed by atoms with Gasteiger partial charge >= 0.3 is 0 Å². The molecule has 0 saturated carbocycles. The maximum Gasteiger partial charge on any atom is 0.300 e. The van der Waals surface area contributed by atoms with Gasteiger partial charge in [-0.2, -0.15) is 0 Å². The van der Waals surface area contributed by atoms with Gasteiger partial charge in [0.1, 0.15) is 12.4 Å². The molecule has 0 spiro atoms. The van der Waals surface area contributed by atoms with Gasteiger partial charge in [0.25, 0.3) is 5.97 Å². The largest absolute Gasteiger partial charge is 0.481 e. The van der Waals surface area contributed by atoms with Gasteiger partial charge in [-0.1, -0.05) is 0 Å². The van der Waals surface area contributed by atoms with Crippen LogP contribution in [0.1, 0.15) is 20.8 Å². The lowest BCUT2D eigenvalue weighted by molar-refractivity contribution is -0.693. The average Bonchev–Trinajstić information content (AvgIpc) is 2.50. The van der Waals surface area contributed by atoms with Crippen LogP contribution in [0.2, 0.25) is 0 Å². The van der Waals surface area contributed by atoms with Crippen LogP contribution in [0, 0.1) is 0 Å². The number of carboxylic acids is 1. The summed E-state index contributed by atoms with van der Waals surface area (Å²) in [6, 6.07) is 0. The zero-order chi connectivity index (χ0) is 10.3. The predicted molar refractivity (Wildman–Crippen MR) is 49.3 cm³/mol. The molecule has 0 aromatic carbocycles. The molecule has 1 rings (SSSR count). The second-order valence-corrected chi connectivity index (χ2v) is 2.59. The van der Waals surface area contributed by atoms with Gasteiger partial charge in [0.15, 0.2) is 0 Å². The van der Waals surface area contributed by atoms with Crippen LogP contribution in [0.3, 0.4) is 0 Å². The lowest BCUT2D eigenvalue weighted by atomic mass is 10.7. The predicted octanol–water partition coefficient (Wildman–Crippen LogP) is 0.906. The first-order chi connectivity index (χ1) is 6.10. The zero-order valence-corrected chi connectivity index (χ0v) is 8.40. The Morgan fingerprint density at radius 1 is 1.54 bits per heavy atom. The third-order valence-electron chi connectivity index (χ3n) is 1.48. The van der Waals surface area contributed by atoms with Crippen molar-refractivity contribution in [2.45, 2.75) is 33.9 Å². The number of hydrogen-bond acceptors (Lipinski definition) is 1. The molecule has 0 radical (unpaired) electrons. The van der Waals surface area contributed by atoms with Crippen molar-refractivity contribution in [3.8, 4) is 0 Å². The summed E-state index contributed by atoms with van der Waals surface area (Å²) in [5, 5.41) is 7.42. The summed E-state index contributed by atoms with van der Waals surface area (Å²) in [6.45, 7) is 7.49. The van der Waals surface area contributed by atoms with Gasteiger partial charge in [-0.25, -0.2) is 9.13 Å². The van der Waals surface area contributed by atoms with Crippen molar-refractivity contribution in [3.63, 3.8) is 0 Å². The van der Waals surface area contributed by atoms with Crippen molar-refractivity contribution in [2.24, 2.45) is 0 Å². The molecule has 1 N–H and O–H groups in total. The molecule has 0 unspecified atom stereocenters. The highest BCUT2D eigenvalue weighted by atomic mass is 16.4. The fourth-order valence-electron chi connectivity index (χ4n) is 0.813. The number of hydrogen-bond donors (Lipinski definition) is 1. The van der Waals surface area contributed by atoms with Gasteiger partial charge in [-0.15, -0.1) is 0 Å². The summed E-state index contributed by atoms with van der Waals surface area (Å²) in [7, 11) is 0. The molecule has 0 atom stereocenters. The molecule has 13 heavy (non-hydrogen) atoms. The van der Waals surface area contributed by atoms with Crippen LogP contribution in [0.4, 0.5) is 0 Å². The Bertz CT molecular complexity index is 233. The van der Waals surface area contributed by atoms with Gasteiger partial charge in [0.05, 0.1) is 13.1 Å². The minimum absolute atomic E-state index is 0.833. The number of aliphatic carboxylic acids is 1. The molecule has 1 aromatic heterocycles. The first kappa shape index (κ1) is 11.7. The van der Waals surface area contributed by atoms with Gasteiger partial charge in [-0.3, -0.25) is 4.79 Å². The van der Waals surface area contributed by atoms with Gasteiger partial charge in [0, 0.05) is 6.92 Å². The van der Waals surface area contributed by atoms with E-state index in [1.807, 2.05) is 0 Å². The maximum atomic E-state index is 9.00. The number of rotatable bonds is 2. The molecule has 0 bridgehead atoms. The summed E-state index contributed by atoms with van der Waals surface area (Å²) in [4.78, 5) is 9.00. The highest BCUT2D eigenvalue weighted by Gasteiger charge is 1.95. The number of aromatic nitrogens is 2. The van der Waals surface area contributed by atoms with E-state index in [2.05, 4.69) is 41.7 Å². The van der Waals surface area contributed by atoms with Gasteiger partial charge in [0.2, 0.25) is 6.33 Å². The molecular weight excluding hydrogens is 168 g/mol. The number of carbonyl (C=O) groups is 1. The van der Waals surface area contributed by atoms with E-state index in [0.717, 1.165) is 20.0 Å². The van der Waals surface area contributed by atoms with E-state index in [1.165, 1.54) is 0 Å². The van der Waals surface area contributed by atoms with Gasteiger partial charge < -0.3 is 5.11 Å². The molecule has 4 heteroatoms. The van der Waals surface area contributed by atoms with Crippen molar-refractivity contribution in [3.05, 3.63) is 18.7 Å². The Morgan fingerprint density at radius 2 is 2.08 bits per heavy atom. The number of aryl methyl sites for hydroxylation is 2. The minimum Gasteiger partial charge on any atom is -0.481 e. The van der Waals surface area contributed by atoms with E-state index in [0.29, 0.717) is 0 Å². The molecule has 0 aliphatic rings. The van der Waals surface area contributed by atoms with Crippen LogP contribution >= 0.6 is 0 Å². The third kappa shape index (κ3) is 5.90. The van der Waals surface area contributed by atoms with E-state index < -0.39 is 5.97 Å². The van der Waals surface area contributed by atoms with Crippen LogP contribution in [-0.4, -0.2) is 15.6 Å². The summed E-state index contributed by atoms with van der Waals surface area (Å²) in [6.07, 6.45) is 6.28. The summed E-state index contributed by atoms with van der Waals surface area (Å²) < 4.78 is 4.31. The summed E-state index contributed by atoms with van der Waals surface area (Å²) in [5.74, 6) is -0.833. The standard InChI is InChI=1S/C7H13N2.C2H4O2/c1-3-8-5-6-9(4-2)7-8;1-2(3)4/h5-7H,3-4H2,1-2H3;1H3,(H,3,4)/q+1;. The van der Waals surface area contributed by atoms with Crippen molar-refractivity contribution in [2.75, 3.05) is 0 Å². The highest BCUT2D eigenvalue weighted by Crippen LogP contribution is 1.81. The third-order valence-corrected chi connectivity index (χ3v) is 1.48. The van der Waals surface area contributed by atoms with Crippen molar-refractivity contribution in [1.29, 1.82) is 0 Å². The van der Waals surface area contributed by atoms with E-state index >= 15 is 0 Å². The van der Waals surface area contributed by atoms with Crippen molar-refractivity contribution in [1.82, 2.24) is 4.57 Å². The molecule has 74 valence electrons. The van der Waals surface area contributed by atoms with Crippen LogP contribution in [0.15, 0.2) is 18.7 Å². The van der Waals surface area contributed by atoms with Crippen LogP contribution in [-0.2, 0) is 17.9 Å². The van der Waals surface area contributed by atoms with Crippen LogP contribution in [0.25, 0.3) is 0 Å². The van der Waals surface area contributed by atoms with E-state index in [4.69, 9.17) is 9.90 Å².